The Morgan fingerprint density at radius 2 is 1.86 bits per heavy atom. The van der Waals surface area contributed by atoms with Gasteiger partial charge < -0.3 is 10.6 Å². The van der Waals surface area contributed by atoms with Gasteiger partial charge >= 0.3 is 0 Å². The number of hydrogen-bond acceptors (Lipinski definition) is 4. The molecule has 21 heavy (non-hydrogen) atoms. The van der Waals surface area contributed by atoms with E-state index in [9.17, 15) is 4.79 Å². The van der Waals surface area contributed by atoms with Crippen LogP contribution in [-0.2, 0) is 0 Å². The molecular formula is C16H20N4O. The fourth-order valence-corrected chi connectivity index (χ4v) is 2.02. The molecule has 2 aromatic rings. The fraction of sp³-hybridized carbons (Fsp3) is 0.312. The van der Waals surface area contributed by atoms with Gasteiger partial charge in [-0.2, -0.15) is 5.10 Å². The molecule has 0 aliphatic heterocycles. The number of carbonyl (C=O) groups is 1. The number of rotatable bonds is 5. The molecule has 1 aromatic heterocycles. The molecule has 1 aromatic carbocycles. The smallest absolute Gasteiger partial charge is 0.251 e. The summed E-state index contributed by atoms with van der Waals surface area (Å²) >= 11 is 0. The third-order valence-corrected chi connectivity index (χ3v) is 3.14. The van der Waals surface area contributed by atoms with E-state index >= 15 is 0 Å². The normalized spacial score (nSPS) is 10.2. The van der Waals surface area contributed by atoms with Crippen LogP contribution in [0.1, 0.15) is 27.2 Å². The van der Waals surface area contributed by atoms with Crippen molar-refractivity contribution in [2.45, 2.75) is 20.8 Å². The number of hydrogen-bond donors (Lipinski definition) is 2. The van der Waals surface area contributed by atoms with Gasteiger partial charge in [-0.3, -0.25) is 4.79 Å². The maximum Gasteiger partial charge on any atom is 0.251 e. The predicted octanol–water partition coefficient (Wildman–Crippen LogP) is 2.24. The third-order valence-electron chi connectivity index (χ3n) is 3.14. The number of aryl methyl sites for hydroxylation is 3. The summed E-state index contributed by atoms with van der Waals surface area (Å²) in [4.78, 5) is 12.1. The van der Waals surface area contributed by atoms with Crippen LogP contribution in [0, 0.1) is 20.8 Å². The van der Waals surface area contributed by atoms with E-state index in [2.05, 4.69) is 20.8 Å². The average Bonchev–Trinajstić information content (AvgIpc) is 2.45. The highest BCUT2D eigenvalue weighted by Gasteiger charge is 2.07. The molecule has 2 rings (SSSR count). The number of carbonyl (C=O) groups excluding carboxylic acids is 1. The molecule has 0 atom stereocenters. The van der Waals surface area contributed by atoms with Gasteiger partial charge in [0.15, 0.2) is 0 Å². The maximum atomic E-state index is 12.1. The zero-order chi connectivity index (χ0) is 15.2. The number of anilines is 1. The molecule has 5 heteroatoms. The Balaban J connectivity index is 1.80. The first-order valence-electron chi connectivity index (χ1n) is 6.96. The number of aromatic nitrogens is 2. The van der Waals surface area contributed by atoms with E-state index in [0.717, 1.165) is 22.4 Å². The Hall–Kier alpha value is -2.43. The summed E-state index contributed by atoms with van der Waals surface area (Å²) in [7, 11) is 0. The van der Waals surface area contributed by atoms with Crippen molar-refractivity contribution in [2.75, 3.05) is 18.4 Å². The van der Waals surface area contributed by atoms with E-state index in [1.54, 1.807) is 0 Å². The number of benzene rings is 1. The lowest BCUT2D eigenvalue weighted by Crippen LogP contribution is -2.29. The molecular weight excluding hydrogens is 264 g/mol. The summed E-state index contributed by atoms with van der Waals surface area (Å²) in [5.41, 5.74) is 3.74. The van der Waals surface area contributed by atoms with Crippen LogP contribution in [0.4, 0.5) is 5.82 Å². The molecule has 0 radical (unpaired) electrons. The second kappa shape index (κ2) is 6.83. The lowest BCUT2D eigenvalue weighted by atomic mass is 10.1. The van der Waals surface area contributed by atoms with E-state index in [0.29, 0.717) is 18.9 Å². The van der Waals surface area contributed by atoms with Crippen molar-refractivity contribution in [3.63, 3.8) is 0 Å². The lowest BCUT2D eigenvalue weighted by Gasteiger charge is -2.09. The molecule has 0 bridgehead atoms. The summed E-state index contributed by atoms with van der Waals surface area (Å²) in [5.74, 6) is 0.658. The first-order valence-corrected chi connectivity index (χ1v) is 6.96. The van der Waals surface area contributed by atoms with Crippen molar-refractivity contribution in [1.82, 2.24) is 15.5 Å². The summed E-state index contributed by atoms with van der Waals surface area (Å²) < 4.78 is 0. The zero-order valence-corrected chi connectivity index (χ0v) is 12.6. The molecule has 0 fully saturated rings. The van der Waals surface area contributed by atoms with Crippen molar-refractivity contribution in [3.8, 4) is 0 Å². The van der Waals surface area contributed by atoms with E-state index in [-0.39, 0.29) is 5.91 Å². The van der Waals surface area contributed by atoms with Gasteiger partial charge in [0.1, 0.15) is 5.82 Å². The minimum atomic E-state index is -0.0516. The van der Waals surface area contributed by atoms with Crippen LogP contribution in [-0.4, -0.2) is 29.2 Å². The molecule has 1 heterocycles. The van der Waals surface area contributed by atoms with Gasteiger partial charge in [-0.15, -0.1) is 5.10 Å². The van der Waals surface area contributed by atoms with Crippen LogP contribution < -0.4 is 10.6 Å². The van der Waals surface area contributed by atoms with Gasteiger partial charge in [-0.25, -0.2) is 0 Å². The fourth-order valence-electron chi connectivity index (χ4n) is 2.02. The van der Waals surface area contributed by atoms with Crippen LogP contribution in [0.2, 0.25) is 0 Å². The number of amides is 1. The summed E-state index contributed by atoms with van der Waals surface area (Å²) in [6.07, 6.45) is 0. The summed E-state index contributed by atoms with van der Waals surface area (Å²) in [6.45, 7) is 6.99. The van der Waals surface area contributed by atoms with E-state index in [1.807, 2.05) is 51.1 Å². The van der Waals surface area contributed by atoms with Gasteiger partial charge in [0, 0.05) is 18.7 Å². The monoisotopic (exact) mass is 284 g/mol. The van der Waals surface area contributed by atoms with Crippen molar-refractivity contribution < 1.29 is 4.79 Å². The third kappa shape index (κ3) is 4.27. The Kier molecular flexibility index (Phi) is 4.87. The van der Waals surface area contributed by atoms with E-state index < -0.39 is 0 Å². The van der Waals surface area contributed by atoms with Gasteiger partial charge in [0.2, 0.25) is 0 Å². The highest BCUT2D eigenvalue weighted by Crippen LogP contribution is 2.10. The molecule has 0 spiro atoms. The van der Waals surface area contributed by atoms with Crippen LogP contribution >= 0.6 is 0 Å². The van der Waals surface area contributed by atoms with Crippen molar-refractivity contribution in [2.24, 2.45) is 0 Å². The summed E-state index contributed by atoms with van der Waals surface area (Å²) in [6, 6.07) is 9.58. The van der Waals surface area contributed by atoms with Gasteiger partial charge in [0.05, 0.1) is 5.69 Å². The van der Waals surface area contributed by atoms with Crippen molar-refractivity contribution in [3.05, 3.63) is 52.7 Å². The SMILES string of the molecule is Cc1ccc(C(=O)NCCNc2ccc(C)nn2)c(C)c1. The average molecular weight is 284 g/mol. The molecule has 5 nitrogen and oxygen atoms in total. The number of nitrogens with zero attached hydrogens (tertiary/aromatic N) is 2. The molecule has 0 saturated heterocycles. The molecule has 1 amide bonds. The van der Waals surface area contributed by atoms with Crippen molar-refractivity contribution >= 4 is 11.7 Å². The molecule has 0 aliphatic carbocycles. The first kappa shape index (κ1) is 15.0. The molecule has 0 aliphatic rings. The van der Waals surface area contributed by atoms with Gasteiger partial charge in [-0.1, -0.05) is 17.7 Å². The van der Waals surface area contributed by atoms with E-state index in [1.165, 1.54) is 0 Å². The van der Waals surface area contributed by atoms with E-state index in [4.69, 9.17) is 0 Å². The maximum absolute atomic E-state index is 12.1. The molecule has 2 N–H and O–H groups in total. The van der Waals surface area contributed by atoms with Crippen LogP contribution in [0.3, 0.4) is 0 Å². The largest absolute Gasteiger partial charge is 0.367 e. The number of nitrogens with one attached hydrogen (secondary N) is 2. The Morgan fingerprint density at radius 3 is 2.52 bits per heavy atom. The Bertz CT molecular complexity index is 623. The minimum Gasteiger partial charge on any atom is -0.367 e. The van der Waals surface area contributed by atoms with Gasteiger partial charge in [0.25, 0.3) is 5.91 Å². The molecule has 0 saturated carbocycles. The highest BCUT2D eigenvalue weighted by molar-refractivity contribution is 5.95. The standard InChI is InChI=1S/C16H20N4O/c1-11-4-6-14(12(2)10-11)16(21)18-9-8-17-15-7-5-13(3)19-20-15/h4-7,10H,8-9H2,1-3H3,(H,17,20)(H,18,21). The van der Waals surface area contributed by atoms with Crippen LogP contribution in [0.5, 0.6) is 0 Å². The second-order valence-corrected chi connectivity index (χ2v) is 5.06. The lowest BCUT2D eigenvalue weighted by molar-refractivity contribution is 0.0954. The topological polar surface area (TPSA) is 66.9 Å². The minimum absolute atomic E-state index is 0.0516. The second-order valence-electron chi connectivity index (χ2n) is 5.06. The quantitative estimate of drug-likeness (QED) is 0.826. The predicted molar refractivity (Wildman–Crippen MR) is 83.5 cm³/mol. The van der Waals surface area contributed by atoms with Crippen LogP contribution in [0.25, 0.3) is 0 Å². The van der Waals surface area contributed by atoms with Gasteiger partial charge in [-0.05, 0) is 44.5 Å². The highest BCUT2D eigenvalue weighted by atomic mass is 16.1. The Labute approximate surface area is 124 Å². The Morgan fingerprint density at radius 1 is 1.05 bits per heavy atom. The summed E-state index contributed by atoms with van der Waals surface area (Å²) in [5, 5.41) is 14.0. The zero-order valence-electron chi connectivity index (χ0n) is 12.6. The van der Waals surface area contributed by atoms with Crippen LogP contribution in [0.15, 0.2) is 30.3 Å². The van der Waals surface area contributed by atoms with Crippen molar-refractivity contribution in [1.29, 1.82) is 0 Å². The molecule has 0 unspecified atom stereocenters. The molecule has 110 valence electrons. The first-order chi connectivity index (χ1) is 10.1.